The van der Waals surface area contributed by atoms with Crippen molar-refractivity contribution in [3.8, 4) is 10.6 Å². The Morgan fingerprint density at radius 1 is 1.31 bits per heavy atom. The number of nitrogen functional groups attached to an aromatic ring is 1. The van der Waals surface area contributed by atoms with Gasteiger partial charge in [0.15, 0.2) is 0 Å². The lowest BCUT2D eigenvalue weighted by Gasteiger charge is -1.89. The molecule has 0 unspecified atom stereocenters. The molecule has 0 radical (unpaired) electrons. The molecule has 0 aliphatic heterocycles. The molecule has 0 saturated carbocycles. The van der Waals surface area contributed by atoms with E-state index in [0.717, 1.165) is 32.2 Å². The van der Waals surface area contributed by atoms with Crippen LogP contribution in [0.25, 0.3) is 20.8 Å². The zero-order valence-corrected chi connectivity index (χ0v) is 9.54. The predicted molar refractivity (Wildman–Crippen MR) is 66.5 cm³/mol. The van der Waals surface area contributed by atoms with Gasteiger partial charge in [-0.05, 0) is 31.2 Å². The maximum absolute atomic E-state index is 5.74. The molecular formula is C12H10N2OS. The number of hydrogen-bond donors (Lipinski definition) is 1. The van der Waals surface area contributed by atoms with E-state index in [1.807, 2.05) is 31.2 Å². The molecule has 0 fully saturated rings. The third-order valence-electron chi connectivity index (χ3n) is 2.39. The van der Waals surface area contributed by atoms with Crippen LogP contribution in [0, 0.1) is 6.92 Å². The van der Waals surface area contributed by atoms with E-state index in [2.05, 4.69) is 4.98 Å². The molecule has 16 heavy (non-hydrogen) atoms. The standard InChI is InChI=1S/C12H10N2OS/c1-7-4-8(6-15-7)12-14-10-3-2-9(13)5-11(10)16-12/h2-6H,13H2,1H3. The number of hydrogen-bond acceptors (Lipinski definition) is 4. The van der Waals surface area contributed by atoms with E-state index in [1.165, 1.54) is 0 Å². The summed E-state index contributed by atoms with van der Waals surface area (Å²) in [6, 6.07) is 7.74. The maximum atomic E-state index is 5.74. The first-order valence-electron chi connectivity index (χ1n) is 4.94. The van der Waals surface area contributed by atoms with Gasteiger partial charge in [-0.15, -0.1) is 11.3 Å². The summed E-state index contributed by atoms with van der Waals surface area (Å²) in [6.07, 6.45) is 1.73. The summed E-state index contributed by atoms with van der Waals surface area (Å²) in [7, 11) is 0. The number of furan rings is 1. The van der Waals surface area contributed by atoms with Gasteiger partial charge in [-0.1, -0.05) is 0 Å². The van der Waals surface area contributed by atoms with Crippen LogP contribution in [0.5, 0.6) is 0 Å². The van der Waals surface area contributed by atoms with Gasteiger partial charge in [-0.2, -0.15) is 0 Å². The van der Waals surface area contributed by atoms with E-state index in [4.69, 9.17) is 10.2 Å². The topological polar surface area (TPSA) is 52.0 Å². The van der Waals surface area contributed by atoms with E-state index in [-0.39, 0.29) is 0 Å². The van der Waals surface area contributed by atoms with Gasteiger partial charge >= 0.3 is 0 Å². The number of thiazole rings is 1. The first-order chi connectivity index (χ1) is 7.72. The Labute approximate surface area is 96.5 Å². The van der Waals surface area contributed by atoms with Crippen molar-refractivity contribution < 1.29 is 4.42 Å². The zero-order chi connectivity index (χ0) is 11.1. The Bertz CT molecular complexity index is 654. The molecule has 0 atom stereocenters. The SMILES string of the molecule is Cc1cc(-c2nc3ccc(N)cc3s2)co1. The van der Waals surface area contributed by atoms with Crippen LogP contribution in [0.3, 0.4) is 0 Å². The second kappa shape index (κ2) is 3.35. The monoisotopic (exact) mass is 230 g/mol. The van der Waals surface area contributed by atoms with Gasteiger partial charge in [0, 0.05) is 11.3 Å². The van der Waals surface area contributed by atoms with Crippen molar-refractivity contribution in [2.75, 3.05) is 5.73 Å². The summed E-state index contributed by atoms with van der Waals surface area (Å²) in [6.45, 7) is 1.93. The second-order valence-corrected chi connectivity index (χ2v) is 4.72. The molecule has 0 aliphatic carbocycles. The van der Waals surface area contributed by atoms with Crippen LogP contribution in [-0.2, 0) is 0 Å². The van der Waals surface area contributed by atoms with E-state index >= 15 is 0 Å². The van der Waals surface area contributed by atoms with Crippen LogP contribution in [0.4, 0.5) is 5.69 Å². The molecule has 80 valence electrons. The van der Waals surface area contributed by atoms with Gasteiger partial charge in [0.05, 0.1) is 10.2 Å². The van der Waals surface area contributed by atoms with Crippen LogP contribution in [0.1, 0.15) is 5.76 Å². The largest absolute Gasteiger partial charge is 0.469 e. The van der Waals surface area contributed by atoms with Crippen LogP contribution in [0.15, 0.2) is 34.9 Å². The summed E-state index contributed by atoms with van der Waals surface area (Å²) in [5, 5.41) is 0.970. The van der Waals surface area contributed by atoms with E-state index in [0.29, 0.717) is 0 Å². The molecule has 0 aliphatic rings. The Morgan fingerprint density at radius 3 is 2.94 bits per heavy atom. The molecule has 0 saturated heterocycles. The van der Waals surface area contributed by atoms with Crippen molar-refractivity contribution >= 4 is 27.2 Å². The molecule has 0 amide bonds. The number of benzene rings is 1. The first-order valence-corrected chi connectivity index (χ1v) is 5.75. The minimum absolute atomic E-state index is 0.770. The summed E-state index contributed by atoms with van der Waals surface area (Å²) < 4.78 is 6.39. The highest BCUT2D eigenvalue weighted by molar-refractivity contribution is 7.21. The Kier molecular flexibility index (Phi) is 1.97. The van der Waals surface area contributed by atoms with Crippen molar-refractivity contribution in [2.45, 2.75) is 6.92 Å². The van der Waals surface area contributed by atoms with Crippen molar-refractivity contribution in [1.82, 2.24) is 4.98 Å². The normalized spacial score (nSPS) is 11.1. The summed E-state index contributed by atoms with van der Waals surface area (Å²) in [5.41, 5.74) is 8.51. The van der Waals surface area contributed by atoms with Gasteiger partial charge in [0.2, 0.25) is 0 Å². The van der Waals surface area contributed by atoms with Crippen LogP contribution >= 0.6 is 11.3 Å². The molecule has 2 heterocycles. The van der Waals surface area contributed by atoms with Gasteiger partial charge in [0.25, 0.3) is 0 Å². The van der Waals surface area contributed by atoms with Crippen LogP contribution in [-0.4, -0.2) is 4.98 Å². The number of anilines is 1. The lowest BCUT2D eigenvalue weighted by Crippen LogP contribution is -1.81. The molecule has 2 N–H and O–H groups in total. The van der Waals surface area contributed by atoms with Gasteiger partial charge in [0.1, 0.15) is 17.0 Å². The lowest BCUT2D eigenvalue weighted by atomic mass is 10.3. The van der Waals surface area contributed by atoms with Gasteiger partial charge in [-0.25, -0.2) is 4.98 Å². The summed E-state index contributed by atoms with van der Waals surface area (Å²) >= 11 is 1.63. The number of nitrogens with zero attached hydrogens (tertiary/aromatic N) is 1. The van der Waals surface area contributed by atoms with E-state index in [1.54, 1.807) is 17.6 Å². The molecule has 3 nitrogen and oxygen atoms in total. The fourth-order valence-corrected chi connectivity index (χ4v) is 2.61. The fraction of sp³-hybridized carbons (Fsp3) is 0.0833. The molecule has 3 aromatic rings. The number of aromatic nitrogens is 1. The maximum Gasteiger partial charge on any atom is 0.127 e. The number of fused-ring (bicyclic) bond motifs is 1. The molecule has 4 heteroatoms. The van der Waals surface area contributed by atoms with Crippen molar-refractivity contribution in [3.05, 3.63) is 36.3 Å². The Balaban J connectivity index is 2.18. The molecule has 1 aromatic carbocycles. The number of nitrogens with two attached hydrogens (primary N) is 1. The second-order valence-electron chi connectivity index (χ2n) is 3.69. The van der Waals surface area contributed by atoms with Crippen LogP contribution < -0.4 is 5.73 Å². The zero-order valence-electron chi connectivity index (χ0n) is 8.73. The van der Waals surface area contributed by atoms with Crippen molar-refractivity contribution in [3.63, 3.8) is 0 Å². The van der Waals surface area contributed by atoms with Gasteiger partial charge in [-0.3, -0.25) is 0 Å². The first kappa shape index (κ1) is 9.42. The molecule has 0 spiro atoms. The highest BCUT2D eigenvalue weighted by atomic mass is 32.1. The Hall–Kier alpha value is -1.81. The lowest BCUT2D eigenvalue weighted by molar-refractivity contribution is 0.535. The van der Waals surface area contributed by atoms with Crippen LogP contribution in [0.2, 0.25) is 0 Å². The third-order valence-corrected chi connectivity index (χ3v) is 3.46. The molecule has 2 aromatic heterocycles. The van der Waals surface area contributed by atoms with Crippen molar-refractivity contribution in [2.24, 2.45) is 0 Å². The third kappa shape index (κ3) is 1.47. The van der Waals surface area contributed by atoms with Crippen molar-refractivity contribution in [1.29, 1.82) is 0 Å². The average Bonchev–Trinajstić information content (AvgIpc) is 2.83. The van der Waals surface area contributed by atoms with E-state index < -0.39 is 0 Å². The summed E-state index contributed by atoms with van der Waals surface area (Å²) in [5.74, 6) is 0.897. The smallest absolute Gasteiger partial charge is 0.127 e. The number of rotatable bonds is 1. The minimum Gasteiger partial charge on any atom is -0.469 e. The highest BCUT2D eigenvalue weighted by Gasteiger charge is 2.08. The molecule has 3 rings (SSSR count). The predicted octanol–water partition coefficient (Wildman–Crippen LogP) is 3.45. The summed E-state index contributed by atoms with van der Waals surface area (Å²) in [4.78, 5) is 4.54. The molecule has 0 bridgehead atoms. The van der Waals surface area contributed by atoms with Gasteiger partial charge < -0.3 is 10.2 Å². The minimum atomic E-state index is 0.770. The number of aryl methyl sites for hydroxylation is 1. The fourth-order valence-electron chi connectivity index (χ4n) is 1.62. The highest BCUT2D eigenvalue weighted by Crippen LogP contribution is 2.31. The Morgan fingerprint density at radius 2 is 2.19 bits per heavy atom. The quantitative estimate of drug-likeness (QED) is 0.651. The molecular weight excluding hydrogens is 220 g/mol. The van der Waals surface area contributed by atoms with E-state index in [9.17, 15) is 0 Å². The average molecular weight is 230 g/mol.